The first-order chi connectivity index (χ1) is 10.3. The van der Waals surface area contributed by atoms with Crippen LogP contribution in [0.1, 0.15) is 11.1 Å². The Bertz CT molecular complexity index is 560. The van der Waals surface area contributed by atoms with Crippen molar-refractivity contribution in [3.05, 3.63) is 65.5 Å². The molecule has 3 nitrogen and oxygen atoms in total. The minimum Gasteiger partial charge on any atom is -0.491 e. The Morgan fingerprint density at radius 2 is 1.90 bits per heavy atom. The zero-order valence-electron chi connectivity index (χ0n) is 12.1. The first kappa shape index (κ1) is 15.5. The van der Waals surface area contributed by atoms with Crippen LogP contribution in [0.4, 0.5) is 4.39 Å². The summed E-state index contributed by atoms with van der Waals surface area (Å²) < 4.78 is 24.4. The number of halogens is 1. The number of ether oxygens (including phenoxy) is 2. The van der Waals surface area contributed by atoms with Crippen molar-refractivity contribution < 1.29 is 13.9 Å². The van der Waals surface area contributed by atoms with Crippen LogP contribution in [-0.2, 0) is 17.9 Å². The Labute approximate surface area is 124 Å². The molecule has 0 saturated heterocycles. The maximum Gasteiger partial charge on any atom is 0.128 e. The molecular weight excluding hydrogens is 269 g/mol. The van der Waals surface area contributed by atoms with E-state index < -0.39 is 0 Å². The van der Waals surface area contributed by atoms with Crippen LogP contribution in [0.25, 0.3) is 0 Å². The summed E-state index contributed by atoms with van der Waals surface area (Å²) in [6.07, 6.45) is 0. The third kappa shape index (κ3) is 5.17. The molecule has 0 radical (unpaired) electrons. The average Bonchev–Trinajstić information content (AvgIpc) is 2.49. The highest BCUT2D eigenvalue weighted by Crippen LogP contribution is 2.13. The minimum atomic E-state index is -0.238. The largest absolute Gasteiger partial charge is 0.491 e. The van der Waals surface area contributed by atoms with Crippen molar-refractivity contribution in [2.75, 3.05) is 20.3 Å². The molecule has 1 N–H and O–H groups in total. The van der Waals surface area contributed by atoms with E-state index in [1.807, 2.05) is 31.3 Å². The Morgan fingerprint density at radius 3 is 2.71 bits per heavy atom. The molecule has 112 valence electrons. The number of nitrogens with one attached hydrogen (secondary N) is 1. The Hall–Kier alpha value is -1.91. The summed E-state index contributed by atoms with van der Waals surface area (Å²) in [7, 11) is 1.91. The Morgan fingerprint density at radius 1 is 1.05 bits per heavy atom. The average molecular weight is 289 g/mol. The molecule has 0 unspecified atom stereocenters. The summed E-state index contributed by atoms with van der Waals surface area (Å²) in [5.41, 5.74) is 1.73. The summed E-state index contributed by atoms with van der Waals surface area (Å²) in [6, 6.07) is 14.5. The van der Waals surface area contributed by atoms with Gasteiger partial charge >= 0.3 is 0 Å². The maximum atomic E-state index is 13.4. The second-order valence-corrected chi connectivity index (χ2v) is 4.67. The second kappa shape index (κ2) is 8.39. The van der Waals surface area contributed by atoms with Crippen molar-refractivity contribution >= 4 is 0 Å². The van der Waals surface area contributed by atoms with Crippen molar-refractivity contribution in [3.63, 3.8) is 0 Å². The van der Waals surface area contributed by atoms with E-state index in [4.69, 9.17) is 9.47 Å². The third-order valence-corrected chi connectivity index (χ3v) is 2.99. The van der Waals surface area contributed by atoms with Crippen LogP contribution in [-0.4, -0.2) is 20.3 Å². The molecule has 2 aromatic rings. The van der Waals surface area contributed by atoms with Crippen molar-refractivity contribution in [2.45, 2.75) is 13.2 Å². The molecule has 0 aliphatic carbocycles. The predicted octanol–water partition coefficient (Wildman–Crippen LogP) is 3.14. The molecule has 0 saturated carbocycles. The van der Waals surface area contributed by atoms with Crippen LogP contribution < -0.4 is 10.1 Å². The van der Waals surface area contributed by atoms with Crippen LogP contribution >= 0.6 is 0 Å². The van der Waals surface area contributed by atoms with Gasteiger partial charge in [0.05, 0.1) is 13.2 Å². The molecule has 21 heavy (non-hydrogen) atoms. The van der Waals surface area contributed by atoms with E-state index in [2.05, 4.69) is 5.32 Å². The van der Waals surface area contributed by atoms with E-state index in [0.29, 0.717) is 18.8 Å². The lowest BCUT2D eigenvalue weighted by atomic mass is 10.2. The summed E-state index contributed by atoms with van der Waals surface area (Å²) in [5, 5.41) is 3.10. The summed E-state index contributed by atoms with van der Waals surface area (Å²) in [6.45, 7) is 1.93. The van der Waals surface area contributed by atoms with Crippen molar-refractivity contribution in [2.24, 2.45) is 0 Å². The second-order valence-electron chi connectivity index (χ2n) is 4.67. The van der Waals surface area contributed by atoms with E-state index in [1.165, 1.54) is 11.6 Å². The first-order valence-electron chi connectivity index (χ1n) is 6.97. The minimum absolute atomic E-state index is 0.238. The van der Waals surface area contributed by atoms with Crippen molar-refractivity contribution in [1.29, 1.82) is 0 Å². The van der Waals surface area contributed by atoms with Gasteiger partial charge in [-0.3, -0.25) is 0 Å². The number of benzene rings is 2. The number of hydrogen-bond acceptors (Lipinski definition) is 3. The maximum absolute atomic E-state index is 13.4. The van der Waals surface area contributed by atoms with E-state index in [9.17, 15) is 4.39 Å². The predicted molar refractivity (Wildman–Crippen MR) is 80.8 cm³/mol. The number of hydrogen-bond donors (Lipinski definition) is 1. The van der Waals surface area contributed by atoms with Gasteiger partial charge in [-0.05, 0) is 30.8 Å². The fourth-order valence-electron chi connectivity index (χ4n) is 1.97. The molecular formula is C17H20FNO2. The van der Waals surface area contributed by atoms with Gasteiger partial charge in [-0.15, -0.1) is 0 Å². The van der Waals surface area contributed by atoms with Gasteiger partial charge in [0.2, 0.25) is 0 Å². The summed E-state index contributed by atoms with van der Waals surface area (Å²) in [5.74, 6) is 0.579. The highest BCUT2D eigenvalue weighted by atomic mass is 19.1. The van der Waals surface area contributed by atoms with Crippen molar-refractivity contribution in [1.82, 2.24) is 5.32 Å². The smallest absolute Gasteiger partial charge is 0.128 e. The van der Waals surface area contributed by atoms with Gasteiger partial charge in [-0.2, -0.15) is 0 Å². The van der Waals surface area contributed by atoms with Crippen LogP contribution in [0.2, 0.25) is 0 Å². The molecule has 0 fully saturated rings. The quantitative estimate of drug-likeness (QED) is 0.757. The van der Waals surface area contributed by atoms with Gasteiger partial charge in [0.1, 0.15) is 18.2 Å². The van der Waals surface area contributed by atoms with Crippen LogP contribution in [0.5, 0.6) is 5.75 Å². The molecule has 0 spiro atoms. The normalized spacial score (nSPS) is 10.6. The third-order valence-electron chi connectivity index (χ3n) is 2.99. The van der Waals surface area contributed by atoms with Crippen LogP contribution in [0.3, 0.4) is 0 Å². The zero-order chi connectivity index (χ0) is 14.9. The van der Waals surface area contributed by atoms with Gasteiger partial charge in [0, 0.05) is 12.1 Å². The lowest BCUT2D eigenvalue weighted by Gasteiger charge is -2.09. The van der Waals surface area contributed by atoms with Gasteiger partial charge < -0.3 is 14.8 Å². The molecule has 0 atom stereocenters. The van der Waals surface area contributed by atoms with E-state index >= 15 is 0 Å². The zero-order valence-corrected chi connectivity index (χ0v) is 12.1. The molecule has 2 rings (SSSR count). The van der Waals surface area contributed by atoms with Gasteiger partial charge in [0.15, 0.2) is 0 Å². The van der Waals surface area contributed by atoms with Crippen LogP contribution in [0, 0.1) is 5.82 Å². The van der Waals surface area contributed by atoms with E-state index in [-0.39, 0.29) is 12.4 Å². The highest BCUT2D eigenvalue weighted by molar-refractivity contribution is 5.28. The molecule has 0 aliphatic rings. The SMILES string of the molecule is CNCc1cccc(OCCOCc2ccccc2F)c1. The monoisotopic (exact) mass is 289 g/mol. The molecule has 4 heteroatoms. The van der Waals surface area contributed by atoms with Crippen molar-refractivity contribution in [3.8, 4) is 5.75 Å². The summed E-state index contributed by atoms with van der Waals surface area (Å²) >= 11 is 0. The topological polar surface area (TPSA) is 30.5 Å². The Balaban J connectivity index is 1.70. The molecule has 0 aromatic heterocycles. The highest BCUT2D eigenvalue weighted by Gasteiger charge is 2.01. The Kier molecular flexibility index (Phi) is 6.19. The fourth-order valence-corrected chi connectivity index (χ4v) is 1.97. The summed E-state index contributed by atoms with van der Waals surface area (Å²) in [4.78, 5) is 0. The van der Waals surface area contributed by atoms with Crippen LogP contribution in [0.15, 0.2) is 48.5 Å². The fraction of sp³-hybridized carbons (Fsp3) is 0.294. The van der Waals surface area contributed by atoms with Gasteiger partial charge in [-0.25, -0.2) is 4.39 Å². The standard InChI is InChI=1S/C17H20FNO2/c1-19-12-14-5-4-7-16(11-14)21-10-9-20-13-15-6-2-3-8-17(15)18/h2-8,11,19H,9-10,12-13H2,1H3. The lowest BCUT2D eigenvalue weighted by molar-refractivity contribution is 0.0871. The van der Waals surface area contributed by atoms with E-state index in [0.717, 1.165) is 12.3 Å². The lowest BCUT2D eigenvalue weighted by Crippen LogP contribution is -2.08. The van der Waals surface area contributed by atoms with Gasteiger partial charge in [0.25, 0.3) is 0 Å². The molecule has 2 aromatic carbocycles. The molecule has 0 bridgehead atoms. The van der Waals surface area contributed by atoms with Gasteiger partial charge in [-0.1, -0.05) is 30.3 Å². The first-order valence-corrected chi connectivity index (χ1v) is 6.97. The molecule has 0 heterocycles. The molecule has 0 amide bonds. The number of rotatable bonds is 8. The van der Waals surface area contributed by atoms with E-state index in [1.54, 1.807) is 18.2 Å². The molecule has 0 aliphatic heterocycles.